The van der Waals surface area contributed by atoms with Gasteiger partial charge < -0.3 is 14.8 Å². The van der Waals surface area contributed by atoms with E-state index < -0.39 is 34.3 Å². The summed E-state index contributed by atoms with van der Waals surface area (Å²) in [6.07, 6.45) is -4.54. The number of anilines is 1. The van der Waals surface area contributed by atoms with Crippen LogP contribution in [-0.4, -0.2) is 44.9 Å². The second-order valence-electron chi connectivity index (χ2n) is 6.54. The van der Waals surface area contributed by atoms with Crippen LogP contribution in [-0.2, 0) is 21.0 Å². The zero-order chi connectivity index (χ0) is 23.9. The van der Waals surface area contributed by atoms with Crippen LogP contribution in [0.5, 0.6) is 11.5 Å². The lowest BCUT2D eigenvalue weighted by Gasteiger charge is -2.20. The van der Waals surface area contributed by atoms with Gasteiger partial charge in [-0.05, 0) is 43.3 Å². The summed E-state index contributed by atoms with van der Waals surface area (Å²) >= 11 is 0. The number of hydrogen-bond acceptors (Lipinski definition) is 5. The number of nitrogens with zero attached hydrogens (tertiary/aromatic N) is 1. The number of sulfonamides is 1. The third-order valence-corrected chi connectivity index (χ3v) is 6.45. The minimum atomic E-state index is -4.54. The van der Waals surface area contributed by atoms with E-state index >= 15 is 0 Å². The van der Waals surface area contributed by atoms with Crippen LogP contribution in [0.2, 0.25) is 0 Å². The fourth-order valence-electron chi connectivity index (χ4n) is 2.86. The second kappa shape index (κ2) is 10.7. The lowest BCUT2D eigenvalue weighted by Crippen LogP contribution is -2.30. The molecule has 2 rings (SSSR count). The number of benzene rings is 2. The van der Waals surface area contributed by atoms with Gasteiger partial charge in [-0.2, -0.15) is 17.5 Å². The van der Waals surface area contributed by atoms with E-state index in [1.165, 1.54) is 34.6 Å². The molecular weight excluding hydrogens is 449 g/mol. The van der Waals surface area contributed by atoms with E-state index in [0.717, 1.165) is 12.1 Å². The molecule has 0 aliphatic rings. The SMILES string of the molecule is CCOc1ccc(S(=O)(=O)N(CC)CC)cc1NC(=O)COc1cccc(C(F)(F)F)c1. The van der Waals surface area contributed by atoms with Crippen LogP contribution in [0.4, 0.5) is 18.9 Å². The first-order chi connectivity index (χ1) is 15.0. The van der Waals surface area contributed by atoms with Gasteiger partial charge >= 0.3 is 6.18 Å². The molecule has 0 aromatic heterocycles. The minimum absolute atomic E-state index is 0.0289. The summed E-state index contributed by atoms with van der Waals surface area (Å²) in [7, 11) is -3.78. The quantitative estimate of drug-likeness (QED) is 0.559. The highest BCUT2D eigenvalue weighted by molar-refractivity contribution is 7.89. The summed E-state index contributed by atoms with van der Waals surface area (Å²) in [6, 6.07) is 8.24. The van der Waals surface area contributed by atoms with Crippen LogP contribution in [0, 0.1) is 0 Å². The summed E-state index contributed by atoms with van der Waals surface area (Å²) < 4.78 is 75.9. The summed E-state index contributed by atoms with van der Waals surface area (Å²) in [5.41, 5.74) is -0.791. The first-order valence-corrected chi connectivity index (χ1v) is 11.3. The van der Waals surface area contributed by atoms with Crippen molar-refractivity contribution in [2.45, 2.75) is 31.8 Å². The van der Waals surface area contributed by atoms with Crippen molar-refractivity contribution in [3.63, 3.8) is 0 Å². The van der Waals surface area contributed by atoms with Gasteiger partial charge in [0.2, 0.25) is 10.0 Å². The molecule has 1 N–H and O–H groups in total. The Hall–Kier alpha value is -2.79. The van der Waals surface area contributed by atoms with Gasteiger partial charge in [0.15, 0.2) is 6.61 Å². The fourth-order valence-corrected chi connectivity index (χ4v) is 4.34. The number of rotatable bonds is 10. The largest absolute Gasteiger partial charge is 0.492 e. The monoisotopic (exact) mass is 474 g/mol. The van der Waals surface area contributed by atoms with Gasteiger partial charge in [-0.1, -0.05) is 19.9 Å². The summed E-state index contributed by atoms with van der Waals surface area (Å²) in [5.74, 6) is -0.572. The predicted octanol–water partition coefficient (Wildman–Crippen LogP) is 4.15. The summed E-state index contributed by atoms with van der Waals surface area (Å²) in [5, 5.41) is 2.50. The first-order valence-electron chi connectivity index (χ1n) is 9.89. The number of halogens is 3. The van der Waals surface area contributed by atoms with Crippen molar-refractivity contribution in [3.8, 4) is 11.5 Å². The number of alkyl halides is 3. The molecule has 0 bridgehead atoms. The average molecular weight is 475 g/mol. The highest BCUT2D eigenvalue weighted by atomic mass is 32.2. The van der Waals surface area contributed by atoms with Gasteiger partial charge in [-0.25, -0.2) is 8.42 Å². The molecule has 0 aliphatic heterocycles. The number of amides is 1. The fraction of sp³-hybridized carbons (Fsp3) is 0.381. The van der Waals surface area contributed by atoms with Gasteiger partial charge in [0.25, 0.3) is 5.91 Å². The molecule has 176 valence electrons. The Bertz CT molecular complexity index is 1040. The Labute approximate surface area is 185 Å². The number of ether oxygens (including phenoxy) is 2. The van der Waals surface area contributed by atoms with Crippen LogP contribution in [0.3, 0.4) is 0 Å². The first kappa shape index (κ1) is 25.5. The maximum atomic E-state index is 12.8. The second-order valence-corrected chi connectivity index (χ2v) is 8.48. The van der Waals surface area contributed by atoms with Gasteiger partial charge in [-0.15, -0.1) is 0 Å². The average Bonchev–Trinajstić information content (AvgIpc) is 2.74. The molecule has 0 aliphatic carbocycles. The van der Waals surface area contributed by atoms with Gasteiger partial charge in [0.05, 0.1) is 22.8 Å². The van der Waals surface area contributed by atoms with Crippen molar-refractivity contribution in [3.05, 3.63) is 48.0 Å². The Morgan fingerprint density at radius 2 is 1.72 bits per heavy atom. The zero-order valence-corrected chi connectivity index (χ0v) is 18.7. The van der Waals surface area contributed by atoms with Crippen LogP contribution in [0.15, 0.2) is 47.4 Å². The van der Waals surface area contributed by atoms with E-state index in [9.17, 15) is 26.4 Å². The Balaban J connectivity index is 2.20. The molecule has 0 saturated carbocycles. The van der Waals surface area contributed by atoms with Gasteiger partial charge in [0.1, 0.15) is 11.5 Å². The molecule has 2 aromatic rings. The number of nitrogens with one attached hydrogen (secondary N) is 1. The van der Waals surface area contributed by atoms with Crippen LogP contribution >= 0.6 is 0 Å². The standard InChI is InChI=1S/C21H25F3N2O5S/c1-4-26(5-2)32(28,29)17-10-11-19(30-6-3)18(13-17)25-20(27)14-31-16-9-7-8-15(12-16)21(22,23)24/h7-13H,4-6,14H2,1-3H3,(H,25,27). The Kier molecular flexibility index (Phi) is 8.51. The third-order valence-electron chi connectivity index (χ3n) is 4.40. The normalized spacial score (nSPS) is 12.0. The Morgan fingerprint density at radius 1 is 1.03 bits per heavy atom. The van der Waals surface area contributed by atoms with Crippen LogP contribution in [0.25, 0.3) is 0 Å². The third kappa shape index (κ3) is 6.36. The molecule has 0 heterocycles. The molecular formula is C21H25F3N2O5S. The van der Waals surface area contributed by atoms with Crippen molar-refractivity contribution < 1.29 is 35.9 Å². The lowest BCUT2D eigenvalue weighted by molar-refractivity contribution is -0.137. The molecule has 32 heavy (non-hydrogen) atoms. The van der Waals surface area contributed by atoms with Crippen LogP contribution in [0.1, 0.15) is 26.3 Å². The highest BCUT2D eigenvalue weighted by Crippen LogP contribution is 2.32. The maximum Gasteiger partial charge on any atom is 0.416 e. The number of carbonyl (C=O) groups is 1. The maximum absolute atomic E-state index is 12.8. The zero-order valence-electron chi connectivity index (χ0n) is 17.9. The van der Waals surface area contributed by atoms with Crippen LogP contribution < -0.4 is 14.8 Å². The van der Waals surface area contributed by atoms with E-state index in [-0.39, 0.29) is 41.8 Å². The molecule has 0 unspecified atom stereocenters. The lowest BCUT2D eigenvalue weighted by atomic mass is 10.2. The minimum Gasteiger partial charge on any atom is -0.492 e. The van der Waals surface area contributed by atoms with Gasteiger partial charge in [-0.3, -0.25) is 4.79 Å². The summed E-state index contributed by atoms with van der Waals surface area (Å²) in [6.45, 7) is 5.39. The van der Waals surface area contributed by atoms with Crippen molar-refractivity contribution >= 4 is 21.6 Å². The summed E-state index contributed by atoms with van der Waals surface area (Å²) in [4.78, 5) is 12.3. The predicted molar refractivity (Wildman–Crippen MR) is 113 cm³/mol. The molecule has 2 aromatic carbocycles. The van der Waals surface area contributed by atoms with E-state index in [2.05, 4.69) is 5.32 Å². The molecule has 0 saturated heterocycles. The molecule has 0 spiro atoms. The Morgan fingerprint density at radius 3 is 2.31 bits per heavy atom. The van der Waals surface area contributed by atoms with E-state index in [0.29, 0.717) is 0 Å². The molecule has 0 radical (unpaired) electrons. The number of hydrogen-bond donors (Lipinski definition) is 1. The van der Waals surface area contributed by atoms with E-state index in [1.54, 1.807) is 20.8 Å². The van der Waals surface area contributed by atoms with Crippen molar-refractivity contribution in [1.29, 1.82) is 0 Å². The topological polar surface area (TPSA) is 84.9 Å². The number of carbonyl (C=O) groups excluding carboxylic acids is 1. The molecule has 1 amide bonds. The van der Waals surface area contributed by atoms with Gasteiger partial charge in [0, 0.05) is 13.1 Å². The molecule has 7 nitrogen and oxygen atoms in total. The molecule has 11 heteroatoms. The van der Waals surface area contributed by atoms with Crippen molar-refractivity contribution in [2.24, 2.45) is 0 Å². The highest BCUT2D eigenvalue weighted by Gasteiger charge is 2.30. The van der Waals surface area contributed by atoms with E-state index in [1.807, 2.05) is 0 Å². The van der Waals surface area contributed by atoms with Crippen molar-refractivity contribution in [2.75, 3.05) is 31.6 Å². The van der Waals surface area contributed by atoms with E-state index in [4.69, 9.17) is 9.47 Å². The molecule has 0 atom stereocenters. The van der Waals surface area contributed by atoms with Crippen molar-refractivity contribution in [1.82, 2.24) is 4.31 Å². The molecule has 0 fully saturated rings. The smallest absolute Gasteiger partial charge is 0.416 e.